The van der Waals surface area contributed by atoms with Crippen LogP contribution in [-0.4, -0.2) is 22.5 Å². The number of hydrogen-bond donors (Lipinski definition) is 2. The van der Waals surface area contributed by atoms with Gasteiger partial charge in [-0.05, 0) is 24.7 Å². The van der Waals surface area contributed by atoms with Gasteiger partial charge in [0.2, 0.25) is 0 Å². The third-order valence-electron chi connectivity index (χ3n) is 2.38. The molecule has 3 nitrogen and oxygen atoms in total. The molecule has 1 fully saturated rings. The average Bonchev–Trinajstić information content (AvgIpc) is 2.69. The summed E-state index contributed by atoms with van der Waals surface area (Å²) in [5.41, 5.74) is 6.16. The van der Waals surface area contributed by atoms with Gasteiger partial charge in [-0.25, -0.2) is 4.98 Å². The summed E-state index contributed by atoms with van der Waals surface area (Å²) in [6.45, 7) is 0.932. The van der Waals surface area contributed by atoms with Crippen molar-refractivity contribution in [2.75, 3.05) is 23.3 Å². The summed E-state index contributed by atoms with van der Waals surface area (Å²) in [7, 11) is 0. The molecule has 0 amide bonds. The van der Waals surface area contributed by atoms with Gasteiger partial charge in [-0.1, -0.05) is 11.6 Å². The van der Waals surface area contributed by atoms with Crippen LogP contribution in [0.4, 0.5) is 11.5 Å². The van der Waals surface area contributed by atoms with Crippen molar-refractivity contribution in [1.29, 1.82) is 0 Å². The fourth-order valence-corrected chi connectivity index (χ4v) is 3.04. The Balaban J connectivity index is 1.92. The summed E-state index contributed by atoms with van der Waals surface area (Å²) in [6.07, 6.45) is 4.22. The molecular weight excluding hydrogens is 230 g/mol. The summed E-state index contributed by atoms with van der Waals surface area (Å²) in [5.74, 6) is 2.01. The van der Waals surface area contributed by atoms with E-state index in [1.165, 1.54) is 18.6 Å². The van der Waals surface area contributed by atoms with Crippen molar-refractivity contribution >= 4 is 34.9 Å². The lowest BCUT2D eigenvalue weighted by Gasteiger charge is -2.11. The molecule has 0 aliphatic carbocycles. The Morgan fingerprint density at radius 3 is 3.20 bits per heavy atom. The van der Waals surface area contributed by atoms with Crippen molar-refractivity contribution in [2.45, 2.75) is 18.1 Å². The number of nitrogens with zero attached hydrogens (tertiary/aromatic N) is 1. The van der Waals surface area contributed by atoms with Crippen molar-refractivity contribution in [3.05, 3.63) is 17.3 Å². The summed E-state index contributed by atoms with van der Waals surface area (Å²) < 4.78 is 0. The molecule has 15 heavy (non-hydrogen) atoms. The van der Waals surface area contributed by atoms with Crippen LogP contribution in [0, 0.1) is 0 Å². The van der Waals surface area contributed by atoms with Gasteiger partial charge < -0.3 is 11.1 Å². The van der Waals surface area contributed by atoms with Gasteiger partial charge in [0, 0.05) is 11.8 Å². The number of thioether (sulfide) groups is 1. The Morgan fingerprint density at radius 1 is 1.67 bits per heavy atom. The van der Waals surface area contributed by atoms with Crippen LogP contribution in [0.2, 0.25) is 5.02 Å². The van der Waals surface area contributed by atoms with Gasteiger partial charge >= 0.3 is 0 Å². The first kappa shape index (κ1) is 10.9. The van der Waals surface area contributed by atoms with Crippen LogP contribution in [-0.2, 0) is 0 Å². The molecular formula is C10H14ClN3S. The first-order chi connectivity index (χ1) is 7.25. The SMILES string of the molecule is Nc1cnc(NCC2CCCS2)c(Cl)c1. The van der Waals surface area contributed by atoms with Crippen LogP contribution >= 0.6 is 23.4 Å². The lowest BCUT2D eigenvalue weighted by Crippen LogP contribution is -2.14. The van der Waals surface area contributed by atoms with Crippen LogP contribution < -0.4 is 11.1 Å². The minimum Gasteiger partial charge on any atom is -0.397 e. The number of rotatable bonds is 3. The highest BCUT2D eigenvalue weighted by molar-refractivity contribution is 8.00. The van der Waals surface area contributed by atoms with Gasteiger partial charge in [0.25, 0.3) is 0 Å². The fourth-order valence-electron chi connectivity index (χ4n) is 1.60. The molecule has 1 aromatic heterocycles. The largest absolute Gasteiger partial charge is 0.397 e. The van der Waals surface area contributed by atoms with E-state index in [0.717, 1.165) is 12.4 Å². The lowest BCUT2D eigenvalue weighted by molar-refractivity contribution is 0.803. The number of nitrogens with two attached hydrogens (primary N) is 1. The Labute approximate surface area is 98.8 Å². The molecule has 82 valence electrons. The van der Waals surface area contributed by atoms with E-state index in [-0.39, 0.29) is 0 Å². The Kier molecular flexibility index (Phi) is 3.59. The molecule has 1 atom stereocenters. The monoisotopic (exact) mass is 243 g/mol. The van der Waals surface area contributed by atoms with Gasteiger partial charge in [-0.2, -0.15) is 11.8 Å². The average molecular weight is 244 g/mol. The van der Waals surface area contributed by atoms with E-state index < -0.39 is 0 Å². The van der Waals surface area contributed by atoms with E-state index in [1.807, 2.05) is 11.8 Å². The summed E-state index contributed by atoms with van der Waals surface area (Å²) in [6, 6.07) is 1.72. The van der Waals surface area contributed by atoms with Crippen LogP contribution in [0.3, 0.4) is 0 Å². The zero-order chi connectivity index (χ0) is 10.7. The quantitative estimate of drug-likeness (QED) is 0.857. The third-order valence-corrected chi connectivity index (χ3v) is 4.07. The number of pyridine rings is 1. The number of hydrogen-bond acceptors (Lipinski definition) is 4. The molecule has 2 heterocycles. The zero-order valence-corrected chi connectivity index (χ0v) is 9.94. The number of aromatic nitrogens is 1. The second kappa shape index (κ2) is 4.94. The van der Waals surface area contributed by atoms with E-state index in [9.17, 15) is 0 Å². The number of halogens is 1. The van der Waals surface area contributed by atoms with E-state index in [1.54, 1.807) is 12.3 Å². The predicted octanol–water partition coefficient (Wildman–Crippen LogP) is 2.62. The lowest BCUT2D eigenvalue weighted by atomic mass is 10.2. The molecule has 1 aromatic rings. The van der Waals surface area contributed by atoms with Crippen molar-refractivity contribution in [3.63, 3.8) is 0 Å². The Hall–Kier alpha value is -0.610. The first-order valence-corrected chi connectivity index (χ1v) is 6.45. The molecule has 1 aliphatic rings. The normalized spacial score (nSPS) is 20.5. The molecule has 0 aromatic carbocycles. The van der Waals surface area contributed by atoms with Gasteiger partial charge in [-0.15, -0.1) is 0 Å². The van der Waals surface area contributed by atoms with E-state index in [4.69, 9.17) is 17.3 Å². The second-order valence-electron chi connectivity index (χ2n) is 3.62. The minimum atomic E-state index is 0.595. The molecule has 5 heteroatoms. The van der Waals surface area contributed by atoms with Gasteiger partial charge in [0.1, 0.15) is 5.82 Å². The molecule has 1 saturated heterocycles. The summed E-state index contributed by atoms with van der Waals surface area (Å²) >= 11 is 8.02. The van der Waals surface area contributed by atoms with Gasteiger partial charge in [0.05, 0.1) is 16.9 Å². The van der Waals surface area contributed by atoms with Crippen molar-refractivity contribution in [1.82, 2.24) is 4.98 Å². The molecule has 0 spiro atoms. The van der Waals surface area contributed by atoms with E-state index in [2.05, 4.69) is 10.3 Å². The Morgan fingerprint density at radius 2 is 2.53 bits per heavy atom. The van der Waals surface area contributed by atoms with Gasteiger partial charge in [-0.3, -0.25) is 0 Å². The zero-order valence-electron chi connectivity index (χ0n) is 8.37. The molecule has 2 rings (SSSR count). The predicted molar refractivity (Wildman–Crippen MR) is 67.6 cm³/mol. The maximum atomic E-state index is 6.00. The van der Waals surface area contributed by atoms with Crippen LogP contribution in [0.25, 0.3) is 0 Å². The topological polar surface area (TPSA) is 50.9 Å². The molecule has 3 N–H and O–H groups in total. The fraction of sp³-hybridized carbons (Fsp3) is 0.500. The first-order valence-electron chi connectivity index (χ1n) is 5.02. The molecule has 1 aliphatic heterocycles. The molecule has 1 unspecified atom stereocenters. The molecule has 0 bridgehead atoms. The third kappa shape index (κ3) is 2.92. The minimum absolute atomic E-state index is 0.595. The van der Waals surface area contributed by atoms with Crippen molar-refractivity contribution in [2.24, 2.45) is 0 Å². The molecule has 0 saturated carbocycles. The standard InChI is InChI=1S/C10H14ClN3S/c11-9-4-7(12)5-13-10(9)14-6-8-2-1-3-15-8/h4-5,8H,1-3,6,12H2,(H,13,14). The Bertz CT molecular complexity index is 339. The maximum absolute atomic E-state index is 6.00. The van der Waals surface area contributed by atoms with E-state index in [0.29, 0.717) is 16.0 Å². The van der Waals surface area contributed by atoms with Crippen LogP contribution in [0.1, 0.15) is 12.8 Å². The second-order valence-corrected chi connectivity index (χ2v) is 5.43. The number of nitrogens with one attached hydrogen (secondary N) is 1. The number of anilines is 2. The summed E-state index contributed by atoms with van der Waals surface area (Å²) in [4.78, 5) is 4.16. The van der Waals surface area contributed by atoms with Crippen molar-refractivity contribution < 1.29 is 0 Å². The van der Waals surface area contributed by atoms with Crippen molar-refractivity contribution in [3.8, 4) is 0 Å². The highest BCUT2D eigenvalue weighted by Gasteiger charge is 2.15. The molecule has 0 radical (unpaired) electrons. The highest BCUT2D eigenvalue weighted by Crippen LogP contribution is 2.27. The van der Waals surface area contributed by atoms with Crippen LogP contribution in [0.5, 0.6) is 0 Å². The summed E-state index contributed by atoms with van der Waals surface area (Å²) in [5, 5.41) is 4.55. The smallest absolute Gasteiger partial charge is 0.144 e. The van der Waals surface area contributed by atoms with E-state index >= 15 is 0 Å². The van der Waals surface area contributed by atoms with Crippen LogP contribution in [0.15, 0.2) is 12.3 Å². The maximum Gasteiger partial charge on any atom is 0.144 e. The number of nitrogen functional groups attached to an aromatic ring is 1. The van der Waals surface area contributed by atoms with Gasteiger partial charge in [0.15, 0.2) is 0 Å². The highest BCUT2D eigenvalue weighted by atomic mass is 35.5.